The number of fused-ring (bicyclic) bond motifs is 1. The highest BCUT2D eigenvalue weighted by molar-refractivity contribution is 7.21. The molecule has 2 aromatic rings. The molecule has 1 aliphatic carbocycles. The Morgan fingerprint density at radius 2 is 2.30 bits per heavy atom. The summed E-state index contributed by atoms with van der Waals surface area (Å²) in [5, 5.41) is 3.44. The van der Waals surface area contributed by atoms with Crippen molar-refractivity contribution in [1.29, 1.82) is 0 Å². The van der Waals surface area contributed by atoms with Crippen molar-refractivity contribution >= 4 is 27.3 Å². The van der Waals surface area contributed by atoms with Crippen LogP contribution in [0, 0.1) is 11.7 Å². The van der Waals surface area contributed by atoms with Crippen molar-refractivity contribution in [2.75, 3.05) is 13.7 Å². The average molecular weight is 293 g/mol. The van der Waals surface area contributed by atoms with Crippen LogP contribution in [-0.4, -0.2) is 19.6 Å². The van der Waals surface area contributed by atoms with Crippen molar-refractivity contribution in [2.45, 2.75) is 19.4 Å². The zero-order valence-electron chi connectivity index (χ0n) is 11.2. The lowest BCUT2D eigenvalue weighted by Gasteiger charge is -2.05. The Hall–Kier alpha value is -1.46. The lowest BCUT2D eigenvalue weighted by Crippen LogP contribution is -2.25. The summed E-state index contributed by atoms with van der Waals surface area (Å²) < 4.78 is 19.9. The Kier molecular flexibility index (Phi) is 3.72. The Morgan fingerprint density at radius 1 is 1.50 bits per heavy atom. The third kappa shape index (κ3) is 2.55. The molecule has 1 N–H and O–H groups in total. The largest absolute Gasteiger partial charge is 0.380 e. The SMILES string of the molecule is COCc1c(C(=O)NCC2CC2)sc2cccc(F)c12. The summed E-state index contributed by atoms with van der Waals surface area (Å²) in [6, 6.07) is 4.91. The number of benzene rings is 1. The molecule has 5 heteroatoms. The van der Waals surface area contributed by atoms with Crippen molar-refractivity contribution in [1.82, 2.24) is 5.32 Å². The van der Waals surface area contributed by atoms with Crippen LogP contribution in [-0.2, 0) is 11.3 Å². The van der Waals surface area contributed by atoms with Crippen molar-refractivity contribution < 1.29 is 13.9 Å². The fourth-order valence-corrected chi connectivity index (χ4v) is 3.41. The van der Waals surface area contributed by atoms with Gasteiger partial charge in [0.25, 0.3) is 5.91 Å². The zero-order valence-corrected chi connectivity index (χ0v) is 12.1. The van der Waals surface area contributed by atoms with Gasteiger partial charge in [0.15, 0.2) is 0 Å². The quantitative estimate of drug-likeness (QED) is 0.918. The summed E-state index contributed by atoms with van der Waals surface area (Å²) in [7, 11) is 1.55. The highest BCUT2D eigenvalue weighted by Gasteiger charge is 2.24. The second kappa shape index (κ2) is 5.50. The normalized spacial score (nSPS) is 14.7. The number of carbonyl (C=O) groups is 1. The molecule has 1 amide bonds. The van der Waals surface area contributed by atoms with E-state index in [0.717, 1.165) is 4.70 Å². The Balaban J connectivity index is 1.97. The Labute approximate surface area is 120 Å². The second-order valence-corrected chi connectivity index (χ2v) is 6.16. The number of ether oxygens (including phenoxy) is 1. The molecule has 0 saturated heterocycles. The van der Waals surface area contributed by atoms with Gasteiger partial charge < -0.3 is 10.1 Å². The van der Waals surface area contributed by atoms with E-state index in [4.69, 9.17) is 4.74 Å². The standard InChI is InChI=1S/C15H16FNO2S/c1-19-8-10-13-11(16)3-2-4-12(13)20-14(10)15(18)17-7-9-5-6-9/h2-4,9H,5-8H2,1H3,(H,17,18). The third-order valence-electron chi connectivity index (χ3n) is 3.51. The van der Waals surface area contributed by atoms with E-state index in [2.05, 4.69) is 5.32 Å². The Bertz CT molecular complexity index is 649. The van der Waals surface area contributed by atoms with E-state index in [-0.39, 0.29) is 18.3 Å². The number of methoxy groups -OCH3 is 1. The number of hydrogen-bond donors (Lipinski definition) is 1. The van der Waals surface area contributed by atoms with Gasteiger partial charge in [-0.15, -0.1) is 11.3 Å². The fourth-order valence-electron chi connectivity index (χ4n) is 2.27. The Morgan fingerprint density at radius 3 is 3.00 bits per heavy atom. The van der Waals surface area contributed by atoms with Gasteiger partial charge in [-0.05, 0) is 30.9 Å². The van der Waals surface area contributed by atoms with E-state index in [9.17, 15) is 9.18 Å². The van der Waals surface area contributed by atoms with E-state index in [1.165, 1.54) is 30.2 Å². The molecule has 0 unspecified atom stereocenters. The minimum Gasteiger partial charge on any atom is -0.380 e. The maximum Gasteiger partial charge on any atom is 0.261 e. The smallest absolute Gasteiger partial charge is 0.261 e. The van der Waals surface area contributed by atoms with Crippen molar-refractivity contribution in [2.24, 2.45) is 5.92 Å². The molecular weight excluding hydrogens is 277 g/mol. The van der Waals surface area contributed by atoms with Crippen molar-refractivity contribution in [3.8, 4) is 0 Å². The molecule has 3 nitrogen and oxygen atoms in total. The first-order valence-corrected chi connectivity index (χ1v) is 7.49. The zero-order chi connectivity index (χ0) is 14.1. The number of thiophene rings is 1. The highest BCUT2D eigenvalue weighted by atomic mass is 32.1. The van der Waals surface area contributed by atoms with Crippen LogP contribution in [0.2, 0.25) is 0 Å². The van der Waals surface area contributed by atoms with Gasteiger partial charge in [0, 0.05) is 29.3 Å². The minimum atomic E-state index is -0.299. The van der Waals surface area contributed by atoms with Crippen LogP contribution in [0.5, 0.6) is 0 Å². The van der Waals surface area contributed by atoms with Crippen LogP contribution >= 0.6 is 11.3 Å². The van der Waals surface area contributed by atoms with Crippen molar-refractivity contribution in [3.05, 3.63) is 34.5 Å². The van der Waals surface area contributed by atoms with Crippen LogP contribution in [0.3, 0.4) is 0 Å². The summed E-state index contributed by atoms with van der Waals surface area (Å²) in [4.78, 5) is 12.8. The van der Waals surface area contributed by atoms with Gasteiger partial charge in [0.05, 0.1) is 11.5 Å². The lowest BCUT2D eigenvalue weighted by molar-refractivity contribution is 0.0951. The molecule has 0 spiro atoms. The van der Waals surface area contributed by atoms with Gasteiger partial charge in [-0.2, -0.15) is 0 Å². The number of nitrogens with one attached hydrogen (secondary N) is 1. The summed E-state index contributed by atoms with van der Waals surface area (Å²) in [6.07, 6.45) is 2.37. The van der Waals surface area contributed by atoms with Gasteiger partial charge in [-0.25, -0.2) is 4.39 Å². The predicted molar refractivity (Wildman–Crippen MR) is 77.6 cm³/mol. The summed E-state index contributed by atoms with van der Waals surface area (Å²) in [5.74, 6) is 0.201. The summed E-state index contributed by atoms with van der Waals surface area (Å²) >= 11 is 1.33. The molecule has 1 fully saturated rings. The molecule has 3 rings (SSSR count). The van der Waals surface area contributed by atoms with Crippen LogP contribution in [0.4, 0.5) is 4.39 Å². The molecule has 0 radical (unpaired) electrons. The number of rotatable bonds is 5. The summed E-state index contributed by atoms with van der Waals surface area (Å²) in [5.41, 5.74) is 0.652. The highest BCUT2D eigenvalue weighted by Crippen LogP contribution is 2.34. The van der Waals surface area contributed by atoms with Gasteiger partial charge in [0.2, 0.25) is 0 Å². The number of carbonyl (C=O) groups excluding carboxylic acids is 1. The van der Waals surface area contributed by atoms with E-state index in [0.29, 0.717) is 28.3 Å². The van der Waals surface area contributed by atoms with Crippen LogP contribution in [0.1, 0.15) is 28.1 Å². The molecule has 0 bridgehead atoms. The predicted octanol–water partition coefficient (Wildman–Crippen LogP) is 3.33. The van der Waals surface area contributed by atoms with Crippen molar-refractivity contribution in [3.63, 3.8) is 0 Å². The van der Waals surface area contributed by atoms with Gasteiger partial charge in [-0.1, -0.05) is 6.07 Å². The number of hydrogen-bond acceptors (Lipinski definition) is 3. The fraction of sp³-hybridized carbons (Fsp3) is 0.400. The monoisotopic (exact) mass is 293 g/mol. The lowest BCUT2D eigenvalue weighted by atomic mass is 10.1. The molecule has 1 aromatic carbocycles. The van der Waals surface area contributed by atoms with E-state index >= 15 is 0 Å². The number of halogens is 1. The molecule has 1 aromatic heterocycles. The van der Waals surface area contributed by atoms with E-state index in [1.54, 1.807) is 13.2 Å². The molecule has 106 valence electrons. The second-order valence-electron chi connectivity index (χ2n) is 5.11. The molecular formula is C15H16FNO2S. The molecule has 20 heavy (non-hydrogen) atoms. The molecule has 1 heterocycles. The van der Waals surface area contributed by atoms with Crippen LogP contribution in [0.15, 0.2) is 18.2 Å². The van der Waals surface area contributed by atoms with Crippen LogP contribution in [0.25, 0.3) is 10.1 Å². The molecule has 0 atom stereocenters. The first-order valence-electron chi connectivity index (χ1n) is 6.67. The van der Waals surface area contributed by atoms with E-state index < -0.39 is 0 Å². The molecule has 0 aliphatic heterocycles. The molecule has 1 saturated carbocycles. The van der Waals surface area contributed by atoms with Crippen LogP contribution < -0.4 is 5.32 Å². The van der Waals surface area contributed by atoms with Gasteiger partial charge >= 0.3 is 0 Å². The average Bonchev–Trinajstić information content (AvgIpc) is 3.18. The first kappa shape index (κ1) is 13.5. The summed E-state index contributed by atoms with van der Waals surface area (Å²) in [6.45, 7) is 0.953. The van der Waals surface area contributed by atoms with E-state index in [1.807, 2.05) is 6.07 Å². The maximum atomic E-state index is 14.0. The maximum absolute atomic E-state index is 14.0. The first-order chi connectivity index (χ1) is 9.70. The van der Waals surface area contributed by atoms with Gasteiger partial charge in [0.1, 0.15) is 5.82 Å². The minimum absolute atomic E-state index is 0.121. The molecule has 1 aliphatic rings. The van der Waals surface area contributed by atoms with Gasteiger partial charge in [-0.3, -0.25) is 4.79 Å². The number of amides is 1. The topological polar surface area (TPSA) is 38.3 Å². The third-order valence-corrected chi connectivity index (χ3v) is 4.70.